The fraction of sp³-hybridized carbons (Fsp3) is 0.538. The first-order valence-corrected chi connectivity index (χ1v) is 5.80. The van der Waals surface area contributed by atoms with E-state index in [0.717, 1.165) is 12.1 Å². The molecule has 3 N–H and O–H groups in total. The van der Waals surface area contributed by atoms with Crippen LogP contribution in [0.4, 0.5) is 0 Å². The molecule has 0 aromatic heterocycles. The molecule has 0 fully saturated rings. The Morgan fingerprint density at radius 2 is 1.94 bits per heavy atom. The minimum atomic E-state index is -0.201. The Labute approximate surface area is 102 Å². The summed E-state index contributed by atoms with van der Waals surface area (Å²) in [5.41, 5.74) is 0.723. The van der Waals surface area contributed by atoms with Crippen molar-refractivity contribution in [2.75, 3.05) is 13.2 Å². The van der Waals surface area contributed by atoms with Gasteiger partial charge < -0.3 is 20.3 Å². The van der Waals surface area contributed by atoms with Crippen LogP contribution in [0.1, 0.15) is 26.3 Å². The van der Waals surface area contributed by atoms with Gasteiger partial charge in [-0.1, -0.05) is 6.07 Å². The summed E-state index contributed by atoms with van der Waals surface area (Å²) < 4.78 is 5.56. The maximum absolute atomic E-state index is 9.34. The van der Waals surface area contributed by atoms with Gasteiger partial charge >= 0.3 is 0 Å². The van der Waals surface area contributed by atoms with Crippen molar-refractivity contribution < 1.29 is 14.9 Å². The third-order valence-electron chi connectivity index (χ3n) is 2.45. The van der Waals surface area contributed by atoms with Crippen LogP contribution in [0.2, 0.25) is 0 Å². The molecule has 0 saturated carbocycles. The number of ether oxygens (including phenoxy) is 1. The van der Waals surface area contributed by atoms with Crippen LogP contribution in [0.25, 0.3) is 0 Å². The third-order valence-corrected chi connectivity index (χ3v) is 2.45. The van der Waals surface area contributed by atoms with Crippen molar-refractivity contribution in [1.82, 2.24) is 5.32 Å². The molecular formula is C13H21NO3. The maximum Gasteiger partial charge on any atom is 0.157 e. The molecule has 17 heavy (non-hydrogen) atoms. The van der Waals surface area contributed by atoms with E-state index in [1.54, 1.807) is 12.1 Å². The van der Waals surface area contributed by atoms with Crippen molar-refractivity contribution in [2.45, 2.75) is 32.9 Å². The number of benzene rings is 1. The van der Waals surface area contributed by atoms with Gasteiger partial charge in [0, 0.05) is 19.7 Å². The van der Waals surface area contributed by atoms with E-state index >= 15 is 0 Å². The van der Waals surface area contributed by atoms with E-state index in [9.17, 15) is 10.2 Å². The Kier molecular flexibility index (Phi) is 4.78. The lowest BCUT2D eigenvalue weighted by molar-refractivity contribution is -0.00897. The van der Waals surface area contributed by atoms with Crippen LogP contribution in [0.5, 0.6) is 11.5 Å². The minimum absolute atomic E-state index is 0.0895. The molecule has 0 radical (unpaired) electrons. The Bertz CT molecular complexity index is 364. The van der Waals surface area contributed by atoms with Gasteiger partial charge in [0.25, 0.3) is 0 Å². The predicted molar refractivity (Wildman–Crippen MR) is 67.2 cm³/mol. The molecule has 0 amide bonds. The predicted octanol–water partition coefficient (Wildman–Crippen LogP) is 2.00. The SMILES string of the molecule is CCOC(C)(C)CNCc1ccc(O)c(O)c1. The summed E-state index contributed by atoms with van der Waals surface area (Å²) in [7, 11) is 0. The van der Waals surface area contributed by atoms with Gasteiger partial charge in [0.2, 0.25) is 0 Å². The molecule has 1 rings (SSSR count). The smallest absolute Gasteiger partial charge is 0.157 e. The fourth-order valence-electron chi connectivity index (χ4n) is 1.63. The quantitative estimate of drug-likeness (QED) is 0.664. The lowest BCUT2D eigenvalue weighted by atomic mass is 10.1. The number of rotatable bonds is 6. The van der Waals surface area contributed by atoms with Gasteiger partial charge in [0.15, 0.2) is 11.5 Å². The first-order chi connectivity index (χ1) is 7.94. The number of phenolic OH excluding ortho intramolecular Hbond substituents is 2. The lowest BCUT2D eigenvalue weighted by Crippen LogP contribution is -2.37. The van der Waals surface area contributed by atoms with Gasteiger partial charge in [-0.15, -0.1) is 0 Å². The van der Waals surface area contributed by atoms with Crippen LogP contribution in [-0.2, 0) is 11.3 Å². The number of phenols is 2. The number of nitrogens with one attached hydrogen (secondary N) is 1. The summed E-state index contributed by atoms with van der Waals surface area (Å²) in [5, 5.41) is 21.8. The third kappa shape index (κ3) is 4.63. The maximum atomic E-state index is 9.34. The highest BCUT2D eigenvalue weighted by Crippen LogP contribution is 2.24. The second kappa shape index (κ2) is 5.89. The van der Waals surface area contributed by atoms with Crippen LogP contribution < -0.4 is 5.32 Å². The zero-order chi connectivity index (χ0) is 12.9. The highest BCUT2D eigenvalue weighted by molar-refractivity contribution is 5.40. The van der Waals surface area contributed by atoms with Crippen molar-refractivity contribution in [1.29, 1.82) is 0 Å². The van der Waals surface area contributed by atoms with E-state index < -0.39 is 0 Å². The van der Waals surface area contributed by atoms with E-state index in [0.29, 0.717) is 13.2 Å². The Morgan fingerprint density at radius 3 is 2.53 bits per heavy atom. The van der Waals surface area contributed by atoms with E-state index in [-0.39, 0.29) is 17.1 Å². The van der Waals surface area contributed by atoms with E-state index in [1.807, 2.05) is 20.8 Å². The Morgan fingerprint density at radius 1 is 1.24 bits per heavy atom. The standard InChI is InChI=1S/C13H21NO3/c1-4-17-13(2,3)9-14-8-10-5-6-11(15)12(16)7-10/h5-7,14-16H,4,8-9H2,1-3H3. The summed E-state index contributed by atoms with van der Waals surface area (Å²) in [4.78, 5) is 0. The van der Waals surface area contributed by atoms with Gasteiger partial charge in [0.1, 0.15) is 0 Å². The van der Waals surface area contributed by atoms with Crippen molar-refractivity contribution >= 4 is 0 Å². The topological polar surface area (TPSA) is 61.7 Å². The second-order valence-electron chi connectivity index (χ2n) is 4.62. The molecule has 1 aromatic rings. The van der Waals surface area contributed by atoms with Gasteiger partial charge in [-0.2, -0.15) is 0 Å². The van der Waals surface area contributed by atoms with Crippen molar-refractivity contribution in [3.8, 4) is 11.5 Å². The monoisotopic (exact) mass is 239 g/mol. The van der Waals surface area contributed by atoms with Crippen LogP contribution in [0.3, 0.4) is 0 Å². The first-order valence-electron chi connectivity index (χ1n) is 5.80. The molecule has 0 saturated heterocycles. The van der Waals surface area contributed by atoms with E-state index in [4.69, 9.17) is 4.74 Å². The zero-order valence-electron chi connectivity index (χ0n) is 10.7. The number of hydrogen-bond donors (Lipinski definition) is 3. The Hall–Kier alpha value is -1.26. The normalized spacial score (nSPS) is 11.7. The highest BCUT2D eigenvalue weighted by Gasteiger charge is 2.16. The summed E-state index contributed by atoms with van der Waals surface area (Å²) in [6.07, 6.45) is 0. The Balaban J connectivity index is 2.43. The van der Waals surface area contributed by atoms with E-state index in [2.05, 4.69) is 5.32 Å². The summed E-state index contributed by atoms with van der Waals surface area (Å²) >= 11 is 0. The molecule has 1 aromatic carbocycles. The molecule has 4 heteroatoms. The average molecular weight is 239 g/mol. The van der Waals surface area contributed by atoms with Gasteiger partial charge in [-0.3, -0.25) is 0 Å². The van der Waals surface area contributed by atoms with Gasteiger partial charge in [-0.25, -0.2) is 0 Å². The van der Waals surface area contributed by atoms with Crippen molar-refractivity contribution in [2.24, 2.45) is 0 Å². The second-order valence-corrected chi connectivity index (χ2v) is 4.62. The number of hydrogen-bond acceptors (Lipinski definition) is 4. The molecule has 0 aliphatic heterocycles. The van der Waals surface area contributed by atoms with Gasteiger partial charge in [-0.05, 0) is 38.5 Å². The first kappa shape index (κ1) is 13.8. The molecule has 0 unspecified atom stereocenters. The van der Waals surface area contributed by atoms with Crippen LogP contribution in [-0.4, -0.2) is 29.0 Å². The molecule has 0 aliphatic carbocycles. The number of aromatic hydroxyl groups is 2. The van der Waals surface area contributed by atoms with Crippen LogP contribution >= 0.6 is 0 Å². The largest absolute Gasteiger partial charge is 0.504 e. The molecule has 0 spiro atoms. The molecule has 4 nitrogen and oxygen atoms in total. The molecular weight excluding hydrogens is 218 g/mol. The summed E-state index contributed by atoms with van der Waals surface area (Å²) in [6.45, 7) is 8.07. The van der Waals surface area contributed by atoms with Crippen molar-refractivity contribution in [3.05, 3.63) is 23.8 Å². The fourth-order valence-corrected chi connectivity index (χ4v) is 1.63. The van der Waals surface area contributed by atoms with Gasteiger partial charge in [0.05, 0.1) is 5.60 Å². The molecule has 0 bridgehead atoms. The van der Waals surface area contributed by atoms with Crippen molar-refractivity contribution in [3.63, 3.8) is 0 Å². The molecule has 0 atom stereocenters. The van der Waals surface area contributed by atoms with Crippen LogP contribution in [0.15, 0.2) is 18.2 Å². The van der Waals surface area contributed by atoms with E-state index in [1.165, 1.54) is 6.07 Å². The highest BCUT2D eigenvalue weighted by atomic mass is 16.5. The summed E-state index contributed by atoms with van der Waals surface area (Å²) in [6, 6.07) is 4.81. The minimum Gasteiger partial charge on any atom is -0.504 e. The lowest BCUT2D eigenvalue weighted by Gasteiger charge is -2.25. The summed E-state index contributed by atoms with van der Waals surface area (Å²) in [5.74, 6) is -0.184. The molecule has 0 aliphatic rings. The molecule has 0 heterocycles. The van der Waals surface area contributed by atoms with Crippen LogP contribution in [0, 0.1) is 0 Å². The average Bonchev–Trinajstić information content (AvgIpc) is 2.23. The molecule has 96 valence electrons. The zero-order valence-corrected chi connectivity index (χ0v) is 10.7.